The predicted octanol–water partition coefficient (Wildman–Crippen LogP) is 3.04. The molecule has 9 nitrogen and oxygen atoms in total. The van der Waals surface area contributed by atoms with Gasteiger partial charge < -0.3 is 20.1 Å². The summed E-state index contributed by atoms with van der Waals surface area (Å²) in [4.78, 5) is 55.9. The second-order valence-corrected chi connectivity index (χ2v) is 11.0. The van der Waals surface area contributed by atoms with Crippen molar-refractivity contribution in [3.8, 4) is 5.75 Å². The fourth-order valence-corrected chi connectivity index (χ4v) is 6.72. The van der Waals surface area contributed by atoms with E-state index in [4.69, 9.17) is 4.74 Å². The maximum atomic E-state index is 14.1. The molecule has 2 N–H and O–H groups in total. The number of hydrogen-bond acceptors (Lipinski definition) is 6. The quantitative estimate of drug-likeness (QED) is 0.551. The molecule has 2 aromatic carbocycles. The number of amides is 3. The number of benzene rings is 2. The first kappa shape index (κ1) is 25.6. The number of nitrogens with zero attached hydrogens (tertiary/aromatic N) is 2. The van der Waals surface area contributed by atoms with Crippen LogP contribution in [-0.4, -0.2) is 70.9 Å². The van der Waals surface area contributed by atoms with Crippen LogP contribution in [0.25, 0.3) is 0 Å². The third-order valence-electron chi connectivity index (χ3n) is 8.71. The zero-order valence-electron chi connectivity index (χ0n) is 21.8. The van der Waals surface area contributed by atoms with Crippen LogP contribution in [0.1, 0.15) is 70.0 Å². The van der Waals surface area contributed by atoms with Crippen LogP contribution in [0.3, 0.4) is 0 Å². The number of ether oxygens (including phenoxy) is 1. The fourth-order valence-electron chi connectivity index (χ4n) is 6.72. The molecule has 204 valence electrons. The zero-order valence-corrected chi connectivity index (χ0v) is 21.8. The molecule has 39 heavy (non-hydrogen) atoms. The van der Waals surface area contributed by atoms with Crippen LogP contribution in [0.15, 0.2) is 42.5 Å². The number of rotatable bonds is 6. The van der Waals surface area contributed by atoms with Crippen LogP contribution in [0, 0.1) is 11.8 Å². The number of carboxylic acid groups (broad SMARTS) is 1. The van der Waals surface area contributed by atoms with Gasteiger partial charge in [-0.15, -0.1) is 0 Å². The van der Waals surface area contributed by atoms with Gasteiger partial charge in [0.15, 0.2) is 0 Å². The summed E-state index contributed by atoms with van der Waals surface area (Å²) in [5, 5.41) is 13.2. The van der Waals surface area contributed by atoms with Crippen molar-refractivity contribution in [3.63, 3.8) is 0 Å². The van der Waals surface area contributed by atoms with Gasteiger partial charge in [-0.2, -0.15) is 0 Å². The van der Waals surface area contributed by atoms with E-state index in [-0.39, 0.29) is 30.4 Å². The lowest BCUT2D eigenvalue weighted by atomic mass is 9.77. The Kier molecular flexibility index (Phi) is 6.85. The van der Waals surface area contributed by atoms with Crippen LogP contribution in [-0.2, 0) is 16.0 Å². The number of carboxylic acids is 1. The molecule has 6 rings (SSSR count). The number of nitrogens with one attached hydrogen (secondary N) is 1. The third kappa shape index (κ3) is 4.58. The molecule has 4 aliphatic rings. The van der Waals surface area contributed by atoms with Gasteiger partial charge in [-0.25, -0.2) is 0 Å². The monoisotopic (exact) mass is 531 g/mol. The first-order valence-corrected chi connectivity index (χ1v) is 13.9. The first-order chi connectivity index (χ1) is 18.9. The molecule has 3 heterocycles. The highest BCUT2D eigenvalue weighted by molar-refractivity contribution is 6.21. The second-order valence-electron chi connectivity index (χ2n) is 11.0. The van der Waals surface area contributed by atoms with Crippen LogP contribution in [0.5, 0.6) is 5.75 Å². The maximum absolute atomic E-state index is 14.1. The average Bonchev–Trinajstić information content (AvgIpc) is 3.55. The minimum Gasteiger partial charge on any atom is -0.489 e. The van der Waals surface area contributed by atoms with Crippen LogP contribution < -0.4 is 10.1 Å². The van der Waals surface area contributed by atoms with E-state index in [1.807, 2.05) is 18.2 Å². The third-order valence-corrected chi connectivity index (χ3v) is 8.71. The van der Waals surface area contributed by atoms with Gasteiger partial charge in [0.05, 0.1) is 35.5 Å². The van der Waals surface area contributed by atoms with Crippen molar-refractivity contribution in [2.45, 2.75) is 50.7 Å². The molecule has 3 amide bonds. The molecule has 2 fully saturated rings. The van der Waals surface area contributed by atoms with Gasteiger partial charge >= 0.3 is 5.97 Å². The minimum atomic E-state index is -0.944. The van der Waals surface area contributed by atoms with Crippen molar-refractivity contribution < 1.29 is 29.0 Å². The number of aliphatic carboxylic acids is 1. The van der Waals surface area contributed by atoms with E-state index in [2.05, 4.69) is 5.32 Å². The molecule has 1 unspecified atom stereocenters. The molecule has 0 aromatic heterocycles. The first-order valence-electron chi connectivity index (χ1n) is 13.9. The molecular formula is C30H33N3O6. The lowest BCUT2D eigenvalue weighted by molar-refractivity contribution is -0.153. The molecule has 0 bridgehead atoms. The van der Waals surface area contributed by atoms with Crippen molar-refractivity contribution in [2.75, 3.05) is 26.2 Å². The Hall–Kier alpha value is -3.72. The maximum Gasteiger partial charge on any atom is 0.307 e. The highest BCUT2D eigenvalue weighted by Gasteiger charge is 2.45. The Morgan fingerprint density at radius 2 is 1.67 bits per heavy atom. The molecule has 9 heteroatoms. The Morgan fingerprint density at radius 3 is 2.33 bits per heavy atom. The Morgan fingerprint density at radius 1 is 0.949 bits per heavy atom. The normalized spacial score (nSPS) is 26.4. The van der Waals surface area contributed by atoms with E-state index in [9.17, 15) is 24.3 Å². The Balaban J connectivity index is 1.39. The van der Waals surface area contributed by atoms with Crippen LogP contribution >= 0.6 is 0 Å². The summed E-state index contributed by atoms with van der Waals surface area (Å²) in [5.74, 6) is -2.63. The highest BCUT2D eigenvalue weighted by atomic mass is 16.5. The largest absolute Gasteiger partial charge is 0.489 e. The summed E-state index contributed by atoms with van der Waals surface area (Å²) in [7, 11) is 0. The van der Waals surface area contributed by atoms with E-state index in [0.29, 0.717) is 42.7 Å². The summed E-state index contributed by atoms with van der Waals surface area (Å²) in [6.07, 6.45) is 4.01. The van der Waals surface area contributed by atoms with Crippen molar-refractivity contribution in [2.24, 2.45) is 11.8 Å². The van der Waals surface area contributed by atoms with Gasteiger partial charge in [0.2, 0.25) is 5.91 Å². The topological polar surface area (TPSA) is 116 Å². The zero-order chi connectivity index (χ0) is 27.1. The predicted molar refractivity (Wildman–Crippen MR) is 141 cm³/mol. The molecule has 0 spiro atoms. The molecule has 4 atom stereocenters. The molecule has 2 aromatic rings. The van der Waals surface area contributed by atoms with Gasteiger partial charge in [0, 0.05) is 18.7 Å². The van der Waals surface area contributed by atoms with Crippen molar-refractivity contribution in [1.29, 1.82) is 0 Å². The summed E-state index contributed by atoms with van der Waals surface area (Å²) < 4.78 is 6.43. The van der Waals surface area contributed by atoms with Crippen molar-refractivity contribution in [1.82, 2.24) is 15.1 Å². The smallest absolute Gasteiger partial charge is 0.307 e. The molecule has 1 saturated heterocycles. The van der Waals surface area contributed by atoms with Crippen LogP contribution in [0.2, 0.25) is 0 Å². The lowest BCUT2D eigenvalue weighted by Crippen LogP contribution is -2.50. The standard InChI is InChI=1S/C30H33N3O6/c34-27(22-9-3-4-10-23(22)30(37)38)32-15-13-18-6-5-11-25(39-19-12-14-31-16-19)26(18)24(32)17-33-28(35)20-7-1-2-8-21(20)29(33)36/h1-2,5-8,11,19,22-24,31H,3-4,9-10,12-17H2,(H,37,38)/t19?,22-,23+,24-/m1/s1. The number of fused-ring (bicyclic) bond motifs is 2. The van der Waals surface area contributed by atoms with Gasteiger partial charge in [-0.05, 0) is 56.0 Å². The Bertz CT molecular complexity index is 1280. The number of hydrogen-bond donors (Lipinski definition) is 2. The fraction of sp³-hybridized carbons (Fsp3) is 0.467. The Labute approximate surface area is 227 Å². The van der Waals surface area contributed by atoms with Crippen molar-refractivity contribution in [3.05, 3.63) is 64.7 Å². The SMILES string of the molecule is O=C(O)[C@H]1CCCC[C@H]1C(=O)N1CCc2cccc(OC3CCNC3)c2[C@H]1CN1C(=O)c2ccccc2C1=O. The highest BCUT2D eigenvalue weighted by Crippen LogP contribution is 2.42. The molecule has 0 radical (unpaired) electrons. The molecule has 3 aliphatic heterocycles. The van der Waals surface area contributed by atoms with Crippen LogP contribution in [0.4, 0.5) is 0 Å². The lowest BCUT2D eigenvalue weighted by Gasteiger charge is -2.42. The van der Waals surface area contributed by atoms with E-state index in [1.165, 1.54) is 4.90 Å². The van der Waals surface area contributed by atoms with Gasteiger partial charge in [0.1, 0.15) is 11.9 Å². The summed E-state index contributed by atoms with van der Waals surface area (Å²) in [5.41, 5.74) is 2.54. The minimum absolute atomic E-state index is 0.0150. The van der Waals surface area contributed by atoms with Gasteiger partial charge in [-0.3, -0.25) is 24.1 Å². The summed E-state index contributed by atoms with van der Waals surface area (Å²) in [6.45, 7) is 1.95. The number of carbonyl (C=O) groups is 4. The molecule has 1 saturated carbocycles. The van der Waals surface area contributed by atoms with E-state index >= 15 is 0 Å². The molecular weight excluding hydrogens is 498 g/mol. The summed E-state index contributed by atoms with van der Waals surface area (Å²) in [6, 6.07) is 12.0. The van der Waals surface area contributed by atoms with Gasteiger partial charge in [-0.1, -0.05) is 37.1 Å². The second kappa shape index (κ2) is 10.4. The van der Waals surface area contributed by atoms with E-state index in [1.54, 1.807) is 29.2 Å². The van der Waals surface area contributed by atoms with E-state index < -0.39 is 23.8 Å². The molecule has 1 aliphatic carbocycles. The van der Waals surface area contributed by atoms with Gasteiger partial charge in [0.25, 0.3) is 11.8 Å². The average molecular weight is 532 g/mol. The number of imide groups is 1. The van der Waals surface area contributed by atoms with Crippen molar-refractivity contribution >= 4 is 23.7 Å². The van der Waals surface area contributed by atoms with E-state index in [0.717, 1.165) is 43.5 Å². The number of carbonyl (C=O) groups excluding carboxylic acids is 3. The summed E-state index contributed by atoms with van der Waals surface area (Å²) >= 11 is 0.